The molecule has 0 N–H and O–H groups in total. The lowest BCUT2D eigenvalue weighted by Crippen LogP contribution is -1.85. The Morgan fingerprint density at radius 3 is 3.07 bits per heavy atom. The number of halogens is 1. The van der Waals surface area contributed by atoms with Crippen molar-refractivity contribution >= 4 is 23.4 Å². The van der Waals surface area contributed by atoms with Crippen molar-refractivity contribution in [1.82, 2.24) is 9.97 Å². The first kappa shape index (κ1) is 10.5. The molecule has 0 aliphatic carbocycles. The Bertz CT molecular complexity index is 458. The van der Waals surface area contributed by atoms with Crippen molar-refractivity contribution in [3.05, 3.63) is 41.0 Å². The zero-order valence-corrected chi connectivity index (χ0v) is 9.68. The number of oxazole rings is 1. The molecule has 0 radical (unpaired) electrons. The number of hydrogen-bond donors (Lipinski definition) is 0. The Hall–Kier alpha value is -1.00. The summed E-state index contributed by atoms with van der Waals surface area (Å²) in [4.78, 5) is 8.37. The van der Waals surface area contributed by atoms with Crippen LogP contribution in [-0.4, -0.2) is 9.97 Å². The molecule has 2 rings (SSSR count). The second kappa shape index (κ2) is 4.68. The first-order chi connectivity index (χ1) is 7.24. The minimum absolute atomic E-state index is 0.661. The molecule has 78 valence electrons. The van der Waals surface area contributed by atoms with Gasteiger partial charge in [-0.05, 0) is 19.1 Å². The molecular weight excluding hydrogens is 232 g/mol. The monoisotopic (exact) mass is 240 g/mol. The topological polar surface area (TPSA) is 38.9 Å². The molecule has 0 aliphatic rings. The number of hydrogen-bond acceptors (Lipinski definition) is 4. The largest absolute Gasteiger partial charge is 0.440 e. The highest BCUT2D eigenvalue weighted by Gasteiger charge is 2.03. The van der Waals surface area contributed by atoms with Gasteiger partial charge >= 0.3 is 0 Å². The van der Waals surface area contributed by atoms with Gasteiger partial charge in [0.25, 0.3) is 5.22 Å². The van der Waals surface area contributed by atoms with Crippen molar-refractivity contribution in [2.45, 2.75) is 17.9 Å². The zero-order chi connectivity index (χ0) is 10.7. The van der Waals surface area contributed by atoms with Gasteiger partial charge in [0.15, 0.2) is 0 Å². The van der Waals surface area contributed by atoms with Crippen molar-refractivity contribution in [3.8, 4) is 0 Å². The maximum atomic E-state index is 5.84. The maximum Gasteiger partial charge on any atom is 0.256 e. The number of pyridine rings is 1. The average Bonchev–Trinajstić information content (AvgIpc) is 2.62. The van der Waals surface area contributed by atoms with E-state index in [1.165, 1.54) is 11.8 Å². The fourth-order valence-corrected chi connectivity index (χ4v) is 2.00. The molecule has 0 atom stereocenters. The van der Waals surface area contributed by atoms with E-state index in [-0.39, 0.29) is 0 Å². The van der Waals surface area contributed by atoms with E-state index in [1.807, 2.05) is 13.0 Å². The molecule has 0 aromatic carbocycles. The van der Waals surface area contributed by atoms with E-state index in [4.69, 9.17) is 16.0 Å². The number of rotatable bonds is 3. The smallest absolute Gasteiger partial charge is 0.256 e. The van der Waals surface area contributed by atoms with Crippen molar-refractivity contribution in [2.75, 3.05) is 0 Å². The molecule has 2 aromatic rings. The Kier molecular flexibility index (Phi) is 3.28. The number of thioether (sulfide) groups is 1. The van der Waals surface area contributed by atoms with Crippen molar-refractivity contribution in [2.24, 2.45) is 0 Å². The van der Waals surface area contributed by atoms with Gasteiger partial charge in [0.1, 0.15) is 6.26 Å². The lowest BCUT2D eigenvalue weighted by Gasteiger charge is -1.97. The van der Waals surface area contributed by atoms with Gasteiger partial charge in [-0.15, -0.1) is 0 Å². The molecule has 0 spiro atoms. The standard InChI is InChI=1S/C10H9ClN2OS/c1-7-5-14-10(13-7)15-6-9-4-8(11)2-3-12-9/h2-5H,6H2,1H3. The summed E-state index contributed by atoms with van der Waals surface area (Å²) in [6.07, 6.45) is 3.33. The molecule has 0 amide bonds. The maximum absolute atomic E-state index is 5.84. The van der Waals surface area contributed by atoms with E-state index in [0.717, 1.165) is 11.4 Å². The molecule has 0 saturated heterocycles. The van der Waals surface area contributed by atoms with E-state index in [2.05, 4.69) is 9.97 Å². The fraction of sp³-hybridized carbons (Fsp3) is 0.200. The Morgan fingerprint density at radius 1 is 1.53 bits per heavy atom. The highest BCUT2D eigenvalue weighted by atomic mass is 35.5. The normalized spacial score (nSPS) is 10.5. The molecule has 0 bridgehead atoms. The summed E-state index contributed by atoms with van der Waals surface area (Å²) in [5.41, 5.74) is 1.81. The van der Waals surface area contributed by atoms with Crippen LogP contribution in [0.5, 0.6) is 0 Å². The molecule has 3 nitrogen and oxygen atoms in total. The van der Waals surface area contributed by atoms with Crippen LogP contribution in [0.15, 0.2) is 34.2 Å². The second-order valence-electron chi connectivity index (χ2n) is 3.01. The summed E-state index contributed by atoms with van der Waals surface area (Å²) >= 11 is 7.35. The Balaban J connectivity index is 1.99. The van der Waals surface area contributed by atoms with Crippen LogP contribution in [0.2, 0.25) is 5.02 Å². The number of nitrogens with zero attached hydrogens (tertiary/aromatic N) is 2. The van der Waals surface area contributed by atoms with Crippen LogP contribution in [-0.2, 0) is 5.75 Å². The molecule has 2 heterocycles. The predicted octanol–water partition coefficient (Wildman–Crippen LogP) is 3.32. The third-order valence-corrected chi connectivity index (χ3v) is 2.83. The minimum Gasteiger partial charge on any atom is -0.440 e. The third kappa shape index (κ3) is 2.97. The van der Waals surface area contributed by atoms with Gasteiger partial charge in [0, 0.05) is 17.0 Å². The first-order valence-corrected chi connectivity index (χ1v) is 5.76. The van der Waals surface area contributed by atoms with Crippen molar-refractivity contribution < 1.29 is 4.42 Å². The Morgan fingerprint density at radius 2 is 2.40 bits per heavy atom. The fourth-order valence-electron chi connectivity index (χ4n) is 1.06. The van der Waals surface area contributed by atoms with Crippen LogP contribution >= 0.6 is 23.4 Å². The van der Waals surface area contributed by atoms with E-state index in [9.17, 15) is 0 Å². The molecule has 0 aliphatic heterocycles. The molecule has 0 fully saturated rings. The number of aromatic nitrogens is 2. The minimum atomic E-state index is 0.661. The molecule has 0 saturated carbocycles. The van der Waals surface area contributed by atoms with Gasteiger partial charge in [0.05, 0.1) is 11.4 Å². The molecule has 5 heteroatoms. The SMILES string of the molecule is Cc1coc(SCc2cc(Cl)ccn2)n1. The molecule has 0 unspecified atom stereocenters. The quantitative estimate of drug-likeness (QED) is 0.772. The zero-order valence-electron chi connectivity index (χ0n) is 8.11. The Labute approximate surface area is 96.9 Å². The summed E-state index contributed by atoms with van der Waals surface area (Å²) in [5.74, 6) is 0.709. The van der Waals surface area contributed by atoms with Gasteiger partial charge in [0.2, 0.25) is 0 Å². The van der Waals surface area contributed by atoms with Gasteiger partial charge in [-0.2, -0.15) is 0 Å². The van der Waals surface area contributed by atoms with Crippen LogP contribution < -0.4 is 0 Å². The lowest BCUT2D eigenvalue weighted by atomic mass is 10.4. The van der Waals surface area contributed by atoms with Crippen LogP contribution in [0.4, 0.5) is 0 Å². The second-order valence-corrected chi connectivity index (χ2v) is 4.37. The van der Waals surface area contributed by atoms with Gasteiger partial charge in [-0.25, -0.2) is 4.98 Å². The summed E-state index contributed by atoms with van der Waals surface area (Å²) in [7, 11) is 0. The van der Waals surface area contributed by atoms with E-state index >= 15 is 0 Å². The van der Waals surface area contributed by atoms with Crippen LogP contribution in [0, 0.1) is 6.92 Å². The van der Waals surface area contributed by atoms with E-state index < -0.39 is 0 Å². The van der Waals surface area contributed by atoms with E-state index in [1.54, 1.807) is 18.5 Å². The molecular formula is C10H9ClN2OS. The highest BCUT2D eigenvalue weighted by molar-refractivity contribution is 7.98. The third-order valence-electron chi connectivity index (χ3n) is 1.72. The van der Waals surface area contributed by atoms with Crippen molar-refractivity contribution in [1.29, 1.82) is 0 Å². The summed E-state index contributed by atoms with van der Waals surface area (Å²) in [6.45, 7) is 1.89. The van der Waals surface area contributed by atoms with Crippen molar-refractivity contribution in [3.63, 3.8) is 0 Å². The lowest BCUT2D eigenvalue weighted by molar-refractivity contribution is 0.454. The van der Waals surface area contributed by atoms with Crippen LogP contribution in [0.3, 0.4) is 0 Å². The predicted molar refractivity (Wildman–Crippen MR) is 60.0 cm³/mol. The first-order valence-electron chi connectivity index (χ1n) is 4.39. The molecule has 2 aromatic heterocycles. The number of aryl methyl sites for hydroxylation is 1. The van der Waals surface area contributed by atoms with Gasteiger partial charge in [-0.1, -0.05) is 23.4 Å². The van der Waals surface area contributed by atoms with E-state index in [0.29, 0.717) is 16.0 Å². The summed E-state index contributed by atoms with van der Waals surface area (Å²) in [6, 6.07) is 3.59. The summed E-state index contributed by atoms with van der Waals surface area (Å²) < 4.78 is 5.21. The van der Waals surface area contributed by atoms with Gasteiger partial charge in [-0.3, -0.25) is 4.98 Å². The van der Waals surface area contributed by atoms with Crippen LogP contribution in [0.1, 0.15) is 11.4 Å². The highest BCUT2D eigenvalue weighted by Crippen LogP contribution is 2.21. The summed E-state index contributed by atoms with van der Waals surface area (Å²) in [5, 5.41) is 1.36. The average molecular weight is 241 g/mol. The molecule has 15 heavy (non-hydrogen) atoms. The van der Waals surface area contributed by atoms with Gasteiger partial charge < -0.3 is 4.42 Å². The van der Waals surface area contributed by atoms with Crippen LogP contribution in [0.25, 0.3) is 0 Å².